The maximum Gasteiger partial charge on any atom is 0.253 e. The van der Waals surface area contributed by atoms with Crippen LogP contribution in [0.15, 0.2) is 18.2 Å². The van der Waals surface area contributed by atoms with Gasteiger partial charge in [-0.25, -0.2) is 0 Å². The molecule has 5 heteroatoms. The molecule has 1 aromatic carbocycles. The molecule has 3 rings (SSSR count). The second-order valence-electron chi connectivity index (χ2n) is 5.28. The van der Waals surface area contributed by atoms with Gasteiger partial charge in [0, 0.05) is 28.3 Å². The first-order valence-corrected chi connectivity index (χ1v) is 8.08. The molecule has 2 saturated heterocycles. The molecule has 0 aliphatic carbocycles. The Morgan fingerprint density at radius 2 is 2.26 bits per heavy atom. The molecule has 1 aromatic rings. The molecule has 0 radical (unpaired) electrons. The Morgan fingerprint density at radius 3 is 3.05 bits per heavy atom. The quantitative estimate of drug-likeness (QED) is 0.748. The highest BCUT2D eigenvalue weighted by atomic mass is 127. The van der Waals surface area contributed by atoms with Gasteiger partial charge in [0.25, 0.3) is 5.91 Å². The van der Waals surface area contributed by atoms with E-state index < -0.39 is 0 Å². The predicted molar refractivity (Wildman–Crippen MR) is 84.6 cm³/mol. The number of carbonyl (C=O) groups is 1. The van der Waals surface area contributed by atoms with E-state index in [4.69, 9.17) is 11.6 Å². The number of carbonyl (C=O) groups excluding carboxylic acids is 1. The maximum absolute atomic E-state index is 12.5. The second-order valence-corrected chi connectivity index (χ2v) is 6.85. The van der Waals surface area contributed by atoms with Crippen LogP contribution in [0.2, 0.25) is 5.02 Å². The van der Waals surface area contributed by atoms with Gasteiger partial charge in [-0.15, -0.1) is 0 Å². The smallest absolute Gasteiger partial charge is 0.253 e. The van der Waals surface area contributed by atoms with Gasteiger partial charge in [-0.3, -0.25) is 4.79 Å². The molecule has 102 valence electrons. The van der Waals surface area contributed by atoms with E-state index in [0.717, 1.165) is 29.6 Å². The Labute approximate surface area is 131 Å². The molecule has 3 nitrogen and oxygen atoms in total. The van der Waals surface area contributed by atoms with Crippen LogP contribution in [0, 0.1) is 9.49 Å². The fraction of sp³-hybridized carbons (Fsp3) is 0.500. The van der Waals surface area contributed by atoms with Crippen LogP contribution in [0.3, 0.4) is 0 Å². The van der Waals surface area contributed by atoms with Crippen molar-refractivity contribution >= 4 is 40.1 Å². The number of nitrogens with one attached hydrogen (secondary N) is 1. The summed E-state index contributed by atoms with van der Waals surface area (Å²) >= 11 is 8.27. The average Bonchev–Trinajstić information content (AvgIpc) is 2.88. The highest BCUT2D eigenvalue weighted by molar-refractivity contribution is 14.1. The zero-order chi connectivity index (χ0) is 13.4. The van der Waals surface area contributed by atoms with Crippen molar-refractivity contribution in [3.63, 3.8) is 0 Å². The SMILES string of the molecule is O=C(c1ccc(I)c(Cl)c1)N1CCC2NCCC2C1. The van der Waals surface area contributed by atoms with E-state index in [-0.39, 0.29) is 5.91 Å². The molecule has 2 fully saturated rings. The molecule has 1 N–H and O–H groups in total. The Kier molecular flexibility index (Phi) is 4.01. The number of likely N-dealkylation sites (tertiary alicyclic amines) is 1. The largest absolute Gasteiger partial charge is 0.338 e. The summed E-state index contributed by atoms with van der Waals surface area (Å²) in [6.07, 6.45) is 2.25. The third kappa shape index (κ3) is 2.76. The van der Waals surface area contributed by atoms with Gasteiger partial charge in [-0.05, 0) is 66.1 Å². The molecule has 1 amide bonds. The lowest BCUT2D eigenvalue weighted by Gasteiger charge is -2.35. The lowest BCUT2D eigenvalue weighted by atomic mass is 9.93. The normalized spacial score (nSPS) is 26.3. The number of hydrogen-bond donors (Lipinski definition) is 1. The number of hydrogen-bond acceptors (Lipinski definition) is 2. The molecule has 2 aliphatic rings. The number of fused-ring (bicyclic) bond motifs is 1. The van der Waals surface area contributed by atoms with E-state index in [1.165, 1.54) is 6.42 Å². The summed E-state index contributed by atoms with van der Waals surface area (Å²) < 4.78 is 0.981. The van der Waals surface area contributed by atoms with E-state index >= 15 is 0 Å². The number of nitrogens with zero attached hydrogens (tertiary/aromatic N) is 1. The average molecular weight is 391 g/mol. The molecule has 2 unspecified atom stereocenters. The molecular formula is C14H16ClIN2O. The molecule has 0 spiro atoms. The van der Waals surface area contributed by atoms with E-state index in [1.54, 1.807) is 6.07 Å². The Balaban J connectivity index is 1.74. The lowest BCUT2D eigenvalue weighted by molar-refractivity contribution is 0.0662. The number of amides is 1. The lowest BCUT2D eigenvalue weighted by Crippen LogP contribution is -2.46. The Bertz CT molecular complexity index is 508. The van der Waals surface area contributed by atoms with Crippen molar-refractivity contribution in [2.75, 3.05) is 19.6 Å². The van der Waals surface area contributed by atoms with Gasteiger partial charge < -0.3 is 10.2 Å². The van der Waals surface area contributed by atoms with Gasteiger partial charge in [0.15, 0.2) is 0 Å². The van der Waals surface area contributed by atoms with Gasteiger partial charge in [-0.1, -0.05) is 11.6 Å². The van der Waals surface area contributed by atoms with Crippen LogP contribution < -0.4 is 5.32 Å². The van der Waals surface area contributed by atoms with Crippen LogP contribution in [-0.2, 0) is 0 Å². The first-order valence-electron chi connectivity index (χ1n) is 6.63. The van der Waals surface area contributed by atoms with E-state index in [0.29, 0.717) is 22.5 Å². The van der Waals surface area contributed by atoms with Crippen molar-refractivity contribution < 1.29 is 4.79 Å². The number of piperidine rings is 1. The Hall–Kier alpha value is -0.330. The molecule has 0 bridgehead atoms. The summed E-state index contributed by atoms with van der Waals surface area (Å²) in [4.78, 5) is 14.5. The summed E-state index contributed by atoms with van der Waals surface area (Å²) in [6.45, 7) is 2.81. The van der Waals surface area contributed by atoms with Gasteiger partial charge in [0.1, 0.15) is 0 Å². The van der Waals surface area contributed by atoms with Crippen molar-refractivity contribution in [1.82, 2.24) is 10.2 Å². The van der Waals surface area contributed by atoms with Crippen LogP contribution in [0.4, 0.5) is 0 Å². The van der Waals surface area contributed by atoms with E-state index in [9.17, 15) is 4.79 Å². The molecule has 0 aromatic heterocycles. The van der Waals surface area contributed by atoms with Crippen molar-refractivity contribution in [3.8, 4) is 0 Å². The summed E-state index contributed by atoms with van der Waals surface area (Å²) in [5, 5.41) is 4.17. The van der Waals surface area contributed by atoms with Gasteiger partial charge in [-0.2, -0.15) is 0 Å². The fourth-order valence-corrected chi connectivity index (χ4v) is 3.56. The molecule has 19 heavy (non-hydrogen) atoms. The molecule has 2 aliphatic heterocycles. The molecule has 2 atom stereocenters. The van der Waals surface area contributed by atoms with E-state index in [2.05, 4.69) is 27.9 Å². The highest BCUT2D eigenvalue weighted by Gasteiger charge is 2.34. The van der Waals surface area contributed by atoms with Crippen LogP contribution in [0.25, 0.3) is 0 Å². The van der Waals surface area contributed by atoms with Crippen LogP contribution >= 0.6 is 34.2 Å². The molecule has 2 heterocycles. The van der Waals surface area contributed by atoms with Crippen molar-refractivity contribution in [2.45, 2.75) is 18.9 Å². The van der Waals surface area contributed by atoms with Gasteiger partial charge in [0.05, 0.1) is 5.02 Å². The first kappa shape index (κ1) is 13.6. The minimum Gasteiger partial charge on any atom is -0.338 e. The van der Waals surface area contributed by atoms with Gasteiger partial charge >= 0.3 is 0 Å². The second kappa shape index (κ2) is 5.58. The highest BCUT2D eigenvalue weighted by Crippen LogP contribution is 2.26. The number of halogens is 2. The Morgan fingerprint density at radius 1 is 1.42 bits per heavy atom. The van der Waals surface area contributed by atoms with Gasteiger partial charge in [0.2, 0.25) is 0 Å². The third-order valence-electron chi connectivity index (χ3n) is 4.11. The fourth-order valence-electron chi connectivity index (χ4n) is 3.04. The summed E-state index contributed by atoms with van der Waals surface area (Å²) in [6, 6.07) is 6.17. The zero-order valence-corrected chi connectivity index (χ0v) is 13.4. The topological polar surface area (TPSA) is 32.3 Å². The summed E-state index contributed by atoms with van der Waals surface area (Å²) in [7, 11) is 0. The monoisotopic (exact) mass is 390 g/mol. The standard InChI is InChI=1S/C14H16ClIN2O/c15-11-7-9(1-2-12(11)16)14(19)18-6-4-13-10(8-18)3-5-17-13/h1-2,7,10,13,17H,3-6,8H2. The zero-order valence-electron chi connectivity index (χ0n) is 10.5. The van der Waals surface area contributed by atoms with Crippen LogP contribution in [0.5, 0.6) is 0 Å². The minimum atomic E-state index is 0.114. The molecular weight excluding hydrogens is 375 g/mol. The van der Waals surface area contributed by atoms with Crippen molar-refractivity contribution in [1.29, 1.82) is 0 Å². The van der Waals surface area contributed by atoms with E-state index in [1.807, 2.05) is 17.0 Å². The number of benzene rings is 1. The summed E-state index contributed by atoms with van der Waals surface area (Å²) in [5.74, 6) is 0.737. The minimum absolute atomic E-state index is 0.114. The van der Waals surface area contributed by atoms with Crippen LogP contribution in [0.1, 0.15) is 23.2 Å². The first-order chi connectivity index (χ1) is 9.15. The van der Waals surface area contributed by atoms with Crippen LogP contribution in [-0.4, -0.2) is 36.5 Å². The third-order valence-corrected chi connectivity index (χ3v) is 5.68. The molecule has 0 saturated carbocycles. The predicted octanol–water partition coefficient (Wildman–Crippen LogP) is 2.77. The maximum atomic E-state index is 12.5. The number of rotatable bonds is 1. The van der Waals surface area contributed by atoms with Crippen molar-refractivity contribution in [2.24, 2.45) is 5.92 Å². The van der Waals surface area contributed by atoms with Crippen molar-refractivity contribution in [3.05, 3.63) is 32.4 Å². The summed E-state index contributed by atoms with van der Waals surface area (Å²) in [5.41, 5.74) is 0.704.